The van der Waals surface area contributed by atoms with Gasteiger partial charge >= 0.3 is 0 Å². The third-order valence-corrected chi connectivity index (χ3v) is 4.39. The summed E-state index contributed by atoms with van der Waals surface area (Å²) in [7, 11) is 0. The number of hydrogen-bond donors (Lipinski definition) is 0. The Labute approximate surface area is 143 Å². The molecule has 0 aliphatic heterocycles. The lowest BCUT2D eigenvalue weighted by Gasteiger charge is -2.19. The number of fused-ring (bicyclic) bond motifs is 1. The first-order chi connectivity index (χ1) is 11.1. The molecule has 116 valence electrons. The molecular formula is C18H13Cl2NO2. The van der Waals surface area contributed by atoms with Crippen molar-refractivity contribution in [3.63, 3.8) is 0 Å². The van der Waals surface area contributed by atoms with Crippen LogP contribution in [0.2, 0.25) is 5.02 Å². The predicted octanol–water partition coefficient (Wildman–Crippen LogP) is 4.01. The van der Waals surface area contributed by atoms with Crippen LogP contribution in [0.5, 0.6) is 0 Å². The van der Waals surface area contributed by atoms with Gasteiger partial charge in [-0.2, -0.15) is 0 Å². The van der Waals surface area contributed by atoms with Crippen LogP contribution in [-0.4, -0.2) is 29.2 Å². The molecule has 0 saturated carbocycles. The maximum Gasteiger partial charge on any atom is 0.209 e. The van der Waals surface area contributed by atoms with Crippen molar-refractivity contribution < 1.29 is 9.59 Å². The summed E-state index contributed by atoms with van der Waals surface area (Å²) in [5.74, 6) is -0.539. The number of carbonyl (C=O) groups is 2. The fourth-order valence-corrected chi connectivity index (χ4v) is 2.93. The van der Waals surface area contributed by atoms with Crippen molar-refractivity contribution in [3.05, 3.63) is 70.2 Å². The van der Waals surface area contributed by atoms with E-state index < -0.39 is 5.38 Å². The van der Waals surface area contributed by atoms with Gasteiger partial charge in [0.05, 0.1) is 0 Å². The number of halogens is 2. The van der Waals surface area contributed by atoms with Crippen LogP contribution in [0.25, 0.3) is 0 Å². The molecule has 5 heteroatoms. The molecule has 23 heavy (non-hydrogen) atoms. The van der Waals surface area contributed by atoms with Gasteiger partial charge in [0.25, 0.3) is 0 Å². The summed E-state index contributed by atoms with van der Waals surface area (Å²) in [5.41, 5.74) is 1.93. The first-order valence-corrected chi connectivity index (χ1v) is 8.00. The van der Waals surface area contributed by atoms with E-state index in [1.54, 1.807) is 36.4 Å². The van der Waals surface area contributed by atoms with E-state index in [1.165, 1.54) is 0 Å². The van der Waals surface area contributed by atoms with E-state index in [9.17, 15) is 9.59 Å². The van der Waals surface area contributed by atoms with Gasteiger partial charge in [0.15, 0.2) is 5.78 Å². The highest BCUT2D eigenvalue weighted by Crippen LogP contribution is 2.23. The highest BCUT2D eigenvalue weighted by atomic mass is 35.5. The average molecular weight is 346 g/mol. The molecule has 3 nitrogen and oxygen atoms in total. The molecule has 0 spiro atoms. The Kier molecular flexibility index (Phi) is 4.60. The Morgan fingerprint density at radius 3 is 2.30 bits per heavy atom. The van der Waals surface area contributed by atoms with Gasteiger partial charge in [-0.15, -0.1) is 11.6 Å². The molecule has 1 unspecified atom stereocenters. The number of nitrogens with zero attached hydrogens (tertiary/aromatic N) is 1. The van der Waals surface area contributed by atoms with E-state index in [0.29, 0.717) is 29.1 Å². The first kappa shape index (κ1) is 15.9. The van der Waals surface area contributed by atoms with Crippen molar-refractivity contribution in [1.82, 2.24) is 0 Å². The van der Waals surface area contributed by atoms with Crippen LogP contribution < -0.4 is 0 Å². The minimum absolute atomic E-state index is 0.129. The van der Waals surface area contributed by atoms with Crippen molar-refractivity contribution in [3.8, 4) is 0 Å². The van der Waals surface area contributed by atoms with Crippen LogP contribution in [0.4, 0.5) is 0 Å². The summed E-state index contributed by atoms with van der Waals surface area (Å²) < 4.78 is 0. The fourth-order valence-electron chi connectivity index (χ4n) is 2.52. The number of hydrogen-bond acceptors (Lipinski definition) is 3. The second-order valence-corrected chi connectivity index (χ2v) is 6.12. The van der Waals surface area contributed by atoms with Crippen LogP contribution >= 0.6 is 23.2 Å². The normalized spacial score (nSPS) is 19.0. The van der Waals surface area contributed by atoms with E-state index in [2.05, 4.69) is 4.99 Å². The molecule has 0 amide bonds. The predicted molar refractivity (Wildman–Crippen MR) is 92.2 cm³/mol. The Hall–Kier alpha value is -1.97. The highest BCUT2D eigenvalue weighted by Gasteiger charge is 2.36. The number of ketones is 2. The van der Waals surface area contributed by atoms with Crippen molar-refractivity contribution in [2.75, 3.05) is 6.54 Å². The molecule has 1 atom stereocenters. The molecule has 3 rings (SSSR count). The minimum atomic E-state index is -1.01. The molecule has 0 radical (unpaired) electrons. The van der Waals surface area contributed by atoms with Gasteiger partial charge in [0, 0.05) is 22.7 Å². The second kappa shape index (κ2) is 6.65. The summed E-state index contributed by atoms with van der Waals surface area (Å²) in [6.45, 7) is 0.390. The molecule has 2 aromatic rings. The van der Waals surface area contributed by atoms with Crippen molar-refractivity contribution in [2.24, 2.45) is 4.99 Å². The summed E-state index contributed by atoms with van der Waals surface area (Å²) in [5, 5.41) is -0.340. The second-order valence-electron chi connectivity index (χ2n) is 5.24. The molecule has 0 fully saturated rings. The SMILES string of the molecule is O=C1C(=NCCc2ccc(Cl)cc2)C(Cl)C(=O)c2ccccc21. The summed E-state index contributed by atoms with van der Waals surface area (Å²) >= 11 is 12.0. The molecule has 0 bridgehead atoms. The third kappa shape index (κ3) is 3.21. The van der Waals surface area contributed by atoms with Crippen molar-refractivity contribution >= 4 is 40.5 Å². The first-order valence-electron chi connectivity index (χ1n) is 7.18. The van der Waals surface area contributed by atoms with E-state index in [4.69, 9.17) is 23.2 Å². The lowest BCUT2D eigenvalue weighted by Crippen LogP contribution is -2.38. The number of rotatable bonds is 3. The number of carbonyl (C=O) groups excluding carboxylic acids is 2. The van der Waals surface area contributed by atoms with Gasteiger partial charge in [0.2, 0.25) is 5.78 Å². The molecule has 0 saturated heterocycles. The van der Waals surface area contributed by atoms with Crippen LogP contribution in [0.3, 0.4) is 0 Å². The van der Waals surface area contributed by atoms with Gasteiger partial charge in [0.1, 0.15) is 11.1 Å². The topological polar surface area (TPSA) is 46.5 Å². The van der Waals surface area contributed by atoms with Gasteiger partial charge in [-0.05, 0) is 24.1 Å². The van der Waals surface area contributed by atoms with Gasteiger partial charge in [-0.3, -0.25) is 14.6 Å². The fraction of sp³-hybridized carbons (Fsp3) is 0.167. The third-order valence-electron chi connectivity index (χ3n) is 3.74. The zero-order chi connectivity index (χ0) is 16.4. The molecule has 1 aliphatic carbocycles. The number of alkyl halides is 1. The quantitative estimate of drug-likeness (QED) is 0.789. The highest BCUT2D eigenvalue weighted by molar-refractivity contribution is 6.64. The standard InChI is InChI=1S/C18H13Cl2NO2/c19-12-7-5-11(6-8-12)9-10-21-16-15(20)17(22)13-3-1-2-4-14(13)18(16)23/h1-8,15H,9-10H2. The Morgan fingerprint density at radius 1 is 0.957 bits per heavy atom. The van der Waals surface area contributed by atoms with Crippen LogP contribution in [-0.2, 0) is 6.42 Å². The zero-order valence-corrected chi connectivity index (χ0v) is 13.6. The molecule has 0 N–H and O–H groups in total. The van der Waals surface area contributed by atoms with Gasteiger partial charge in [-0.1, -0.05) is 48.0 Å². The van der Waals surface area contributed by atoms with Crippen LogP contribution in [0.15, 0.2) is 53.5 Å². The van der Waals surface area contributed by atoms with Crippen molar-refractivity contribution in [1.29, 1.82) is 0 Å². The molecule has 2 aromatic carbocycles. The lowest BCUT2D eigenvalue weighted by atomic mass is 9.88. The summed E-state index contributed by atoms with van der Waals surface area (Å²) in [6.07, 6.45) is 0.646. The largest absolute Gasteiger partial charge is 0.292 e. The van der Waals surface area contributed by atoms with Crippen molar-refractivity contribution in [2.45, 2.75) is 11.8 Å². The smallest absolute Gasteiger partial charge is 0.209 e. The average Bonchev–Trinajstić information content (AvgIpc) is 2.57. The molecule has 0 aromatic heterocycles. The summed E-state index contributed by atoms with van der Waals surface area (Å²) in [6, 6.07) is 14.1. The lowest BCUT2D eigenvalue weighted by molar-refractivity contribution is 0.0967. The number of Topliss-reactive ketones (excluding diaryl/α,β-unsaturated/α-hetero) is 2. The molecule has 1 aliphatic rings. The van der Waals surface area contributed by atoms with E-state index in [0.717, 1.165) is 5.56 Å². The Bertz CT molecular complexity index is 797. The van der Waals surface area contributed by atoms with Crippen LogP contribution in [0, 0.1) is 0 Å². The Morgan fingerprint density at radius 2 is 1.61 bits per heavy atom. The monoisotopic (exact) mass is 345 g/mol. The molecular weight excluding hydrogens is 333 g/mol. The van der Waals surface area contributed by atoms with E-state index in [-0.39, 0.29) is 17.3 Å². The van der Waals surface area contributed by atoms with Crippen LogP contribution in [0.1, 0.15) is 26.3 Å². The van der Waals surface area contributed by atoms with E-state index >= 15 is 0 Å². The number of benzene rings is 2. The van der Waals surface area contributed by atoms with Gasteiger partial charge < -0.3 is 0 Å². The maximum absolute atomic E-state index is 12.5. The molecule has 0 heterocycles. The number of aliphatic imine (C=N–C) groups is 1. The van der Waals surface area contributed by atoms with E-state index in [1.807, 2.05) is 12.1 Å². The minimum Gasteiger partial charge on any atom is -0.292 e. The Balaban J connectivity index is 1.80. The summed E-state index contributed by atoms with van der Waals surface area (Å²) in [4.78, 5) is 29.0. The maximum atomic E-state index is 12.5. The van der Waals surface area contributed by atoms with Gasteiger partial charge in [-0.25, -0.2) is 0 Å². The zero-order valence-electron chi connectivity index (χ0n) is 12.1.